The highest BCUT2D eigenvalue weighted by Crippen LogP contribution is 2.24. The van der Waals surface area contributed by atoms with Crippen molar-refractivity contribution in [1.82, 2.24) is 0 Å². The Labute approximate surface area is 123 Å². The zero-order valence-corrected chi connectivity index (χ0v) is 13.0. The summed E-state index contributed by atoms with van der Waals surface area (Å²) in [6.45, 7) is 12.0. The molecule has 0 bridgehead atoms. The minimum Gasteiger partial charge on any atom is -0.0984 e. The van der Waals surface area contributed by atoms with Crippen LogP contribution in [-0.4, -0.2) is 0 Å². The lowest BCUT2D eigenvalue weighted by atomic mass is 9.98. The predicted octanol–water partition coefficient (Wildman–Crippen LogP) is 6.36. The van der Waals surface area contributed by atoms with E-state index < -0.39 is 0 Å². The van der Waals surface area contributed by atoms with Gasteiger partial charge in [-0.25, -0.2) is 0 Å². The van der Waals surface area contributed by atoms with Gasteiger partial charge < -0.3 is 0 Å². The van der Waals surface area contributed by atoms with Crippen molar-refractivity contribution in [2.75, 3.05) is 0 Å². The molecule has 0 heteroatoms. The van der Waals surface area contributed by atoms with Gasteiger partial charge in [0.2, 0.25) is 0 Å². The molecule has 0 radical (unpaired) electrons. The van der Waals surface area contributed by atoms with Gasteiger partial charge in [-0.3, -0.25) is 0 Å². The summed E-state index contributed by atoms with van der Waals surface area (Å²) in [6, 6.07) is 15.1. The van der Waals surface area contributed by atoms with Gasteiger partial charge in [0.25, 0.3) is 0 Å². The van der Waals surface area contributed by atoms with Gasteiger partial charge in [-0.05, 0) is 42.2 Å². The average molecular weight is 264 g/mol. The molecule has 0 amide bonds. The van der Waals surface area contributed by atoms with Gasteiger partial charge in [-0.15, -0.1) is 0 Å². The SMILES string of the molecule is C=Cc1ccc(-c2ccc(C)cc2)cc1/C=C\C.CC. The maximum Gasteiger partial charge on any atom is -0.0178 e. The van der Waals surface area contributed by atoms with E-state index in [1.165, 1.54) is 27.8 Å². The van der Waals surface area contributed by atoms with Gasteiger partial charge in [-0.1, -0.05) is 80.6 Å². The summed E-state index contributed by atoms with van der Waals surface area (Å²) >= 11 is 0. The molecule has 104 valence electrons. The summed E-state index contributed by atoms with van der Waals surface area (Å²) in [4.78, 5) is 0. The van der Waals surface area contributed by atoms with Gasteiger partial charge in [0.15, 0.2) is 0 Å². The number of aryl methyl sites for hydroxylation is 1. The van der Waals surface area contributed by atoms with E-state index in [0.717, 1.165) is 0 Å². The van der Waals surface area contributed by atoms with Crippen molar-refractivity contribution in [2.45, 2.75) is 27.7 Å². The highest BCUT2D eigenvalue weighted by Gasteiger charge is 2.01. The third kappa shape index (κ3) is 3.96. The van der Waals surface area contributed by atoms with Crippen LogP contribution in [0.1, 0.15) is 37.5 Å². The number of benzene rings is 2. The van der Waals surface area contributed by atoms with Gasteiger partial charge in [-0.2, -0.15) is 0 Å². The van der Waals surface area contributed by atoms with Crippen molar-refractivity contribution in [1.29, 1.82) is 0 Å². The summed E-state index contributed by atoms with van der Waals surface area (Å²) in [7, 11) is 0. The second-order valence-corrected chi connectivity index (χ2v) is 4.41. The number of hydrogen-bond donors (Lipinski definition) is 0. The Hall–Kier alpha value is -2.08. The maximum atomic E-state index is 3.85. The molecule has 2 rings (SSSR count). The molecule has 0 saturated carbocycles. The van der Waals surface area contributed by atoms with Crippen LogP contribution in [-0.2, 0) is 0 Å². The fraction of sp³-hybridized carbons (Fsp3) is 0.200. The van der Waals surface area contributed by atoms with Crippen molar-refractivity contribution >= 4 is 12.2 Å². The fourth-order valence-electron chi connectivity index (χ4n) is 2.01. The quantitative estimate of drug-likeness (QED) is 0.604. The zero-order valence-electron chi connectivity index (χ0n) is 13.0. The second kappa shape index (κ2) is 8.16. The van der Waals surface area contributed by atoms with Crippen LogP contribution in [0.25, 0.3) is 23.3 Å². The summed E-state index contributed by atoms with van der Waals surface area (Å²) in [5.74, 6) is 0. The molecule has 0 aliphatic rings. The van der Waals surface area contributed by atoms with Crippen LogP contribution >= 0.6 is 0 Å². The Kier molecular flexibility index (Phi) is 6.52. The minimum absolute atomic E-state index is 1.17. The van der Waals surface area contributed by atoms with E-state index in [9.17, 15) is 0 Å². The molecule has 0 saturated heterocycles. The van der Waals surface area contributed by atoms with Crippen LogP contribution in [0, 0.1) is 6.92 Å². The van der Waals surface area contributed by atoms with Gasteiger partial charge in [0.1, 0.15) is 0 Å². The monoisotopic (exact) mass is 264 g/mol. The van der Waals surface area contributed by atoms with Gasteiger partial charge in [0.05, 0.1) is 0 Å². The number of rotatable bonds is 3. The lowest BCUT2D eigenvalue weighted by molar-refractivity contribution is 1.46. The van der Waals surface area contributed by atoms with E-state index in [4.69, 9.17) is 0 Å². The molecule has 0 nitrogen and oxygen atoms in total. The Morgan fingerprint density at radius 1 is 0.850 bits per heavy atom. The molecule has 0 aliphatic carbocycles. The molecule has 2 aromatic carbocycles. The highest BCUT2D eigenvalue weighted by atomic mass is 14.1. The molecular formula is C20H24. The average Bonchev–Trinajstić information content (AvgIpc) is 2.50. The van der Waals surface area contributed by atoms with E-state index in [2.05, 4.69) is 68.1 Å². The topological polar surface area (TPSA) is 0 Å². The fourth-order valence-corrected chi connectivity index (χ4v) is 2.01. The largest absolute Gasteiger partial charge is 0.0984 e. The standard InChI is InChI=1S/C18H18.C2H6/c1-4-6-17-13-18(12-11-15(17)5-2)16-9-7-14(3)8-10-16;1-2/h4-13H,2H2,1,3H3;1-2H3/b6-4-;. The van der Waals surface area contributed by atoms with E-state index in [0.29, 0.717) is 0 Å². The zero-order chi connectivity index (χ0) is 15.0. The van der Waals surface area contributed by atoms with Crippen molar-refractivity contribution in [3.05, 3.63) is 71.8 Å². The summed E-state index contributed by atoms with van der Waals surface area (Å²) < 4.78 is 0. The first-order valence-corrected chi connectivity index (χ1v) is 7.21. The van der Waals surface area contributed by atoms with E-state index in [1.807, 2.05) is 26.8 Å². The maximum absolute atomic E-state index is 3.85. The van der Waals surface area contributed by atoms with E-state index >= 15 is 0 Å². The second-order valence-electron chi connectivity index (χ2n) is 4.41. The van der Waals surface area contributed by atoms with Crippen molar-refractivity contribution < 1.29 is 0 Å². The molecule has 0 aliphatic heterocycles. The molecule has 20 heavy (non-hydrogen) atoms. The first-order chi connectivity index (χ1) is 9.74. The van der Waals surface area contributed by atoms with Gasteiger partial charge >= 0.3 is 0 Å². The van der Waals surface area contributed by atoms with Crippen molar-refractivity contribution in [3.63, 3.8) is 0 Å². The summed E-state index contributed by atoms with van der Waals surface area (Å²) in [5, 5.41) is 0. The molecule has 0 N–H and O–H groups in total. The summed E-state index contributed by atoms with van der Waals surface area (Å²) in [5.41, 5.74) is 6.17. The molecule has 0 spiro atoms. The van der Waals surface area contributed by atoms with Crippen LogP contribution < -0.4 is 0 Å². The molecule has 0 fully saturated rings. The molecule has 2 aromatic rings. The van der Waals surface area contributed by atoms with Crippen LogP contribution in [0.5, 0.6) is 0 Å². The lowest BCUT2D eigenvalue weighted by Gasteiger charge is -2.07. The lowest BCUT2D eigenvalue weighted by Crippen LogP contribution is -1.84. The smallest absolute Gasteiger partial charge is 0.0178 e. The normalized spacial score (nSPS) is 10.0. The first-order valence-electron chi connectivity index (χ1n) is 7.21. The summed E-state index contributed by atoms with van der Waals surface area (Å²) in [6.07, 6.45) is 6.07. The van der Waals surface area contributed by atoms with Crippen LogP contribution in [0.2, 0.25) is 0 Å². The highest BCUT2D eigenvalue weighted by molar-refractivity contribution is 5.73. The Bertz CT molecular complexity index is 571. The van der Waals surface area contributed by atoms with Crippen LogP contribution in [0.15, 0.2) is 55.1 Å². The van der Waals surface area contributed by atoms with Crippen molar-refractivity contribution in [2.24, 2.45) is 0 Å². The molecule has 0 heterocycles. The molecule has 0 aromatic heterocycles. The molecule has 0 unspecified atom stereocenters. The first kappa shape index (κ1) is 16.0. The Balaban J connectivity index is 0.000000956. The van der Waals surface area contributed by atoms with Crippen molar-refractivity contribution in [3.8, 4) is 11.1 Å². The van der Waals surface area contributed by atoms with E-state index in [1.54, 1.807) is 0 Å². The third-order valence-corrected chi connectivity index (χ3v) is 3.04. The van der Waals surface area contributed by atoms with Crippen LogP contribution in [0.4, 0.5) is 0 Å². The molecular weight excluding hydrogens is 240 g/mol. The Morgan fingerprint density at radius 2 is 1.45 bits per heavy atom. The Morgan fingerprint density at radius 3 is 2.00 bits per heavy atom. The predicted molar refractivity (Wildman–Crippen MR) is 92.8 cm³/mol. The minimum atomic E-state index is 1.17. The number of hydrogen-bond acceptors (Lipinski definition) is 0. The molecule has 0 atom stereocenters. The van der Waals surface area contributed by atoms with Gasteiger partial charge in [0, 0.05) is 0 Å². The van der Waals surface area contributed by atoms with Crippen LogP contribution in [0.3, 0.4) is 0 Å². The third-order valence-electron chi connectivity index (χ3n) is 3.04. The number of allylic oxidation sites excluding steroid dienone is 1. The van der Waals surface area contributed by atoms with E-state index in [-0.39, 0.29) is 0 Å².